The van der Waals surface area contributed by atoms with Gasteiger partial charge in [0.15, 0.2) is 11.0 Å². The number of carbonyl (C=O) groups excluding carboxylic acids is 2. The van der Waals surface area contributed by atoms with Crippen LogP contribution in [0.4, 0.5) is 5.69 Å². The molecule has 1 fully saturated rings. The molecule has 31 heavy (non-hydrogen) atoms. The molecular formula is C22H22ClN5O2S. The molecule has 1 aromatic heterocycles. The molecule has 1 heterocycles. The number of rotatable bonds is 8. The minimum Gasteiger partial charge on any atom is -0.349 e. The van der Waals surface area contributed by atoms with Crippen molar-refractivity contribution in [3.05, 3.63) is 59.1 Å². The maximum atomic E-state index is 12.6. The lowest BCUT2D eigenvalue weighted by atomic mass is 10.1. The van der Waals surface area contributed by atoms with Gasteiger partial charge in [0.05, 0.1) is 17.0 Å². The number of anilines is 1. The van der Waals surface area contributed by atoms with Gasteiger partial charge in [-0.15, -0.1) is 10.2 Å². The molecule has 0 spiro atoms. The van der Waals surface area contributed by atoms with E-state index in [4.69, 9.17) is 11.6 Å². The predicted octanol–water partition coefficient (Wildman–Crippen LogP) is 4.24. The average molecular weight is 456 g/mol. The summed E-state index contributed by atoms with van der Waals surface area (Å²) in [6.07, 6.45) is 2.01. The highest BCUT2D eigenvalue weighted by Crippen LogP contribution is 2.26. The van der Waals surface area contributed by atoms with Crippen molar-refractivity contribution < 1.29 is 9.59 Å². The zero-order valence-corrected chi connectivity index (χ0v) is 18.5. The number of thioether (sulfide) groups is 1. The van der Waals surface area contributed by atoms with Crippen LogP contribution < -0.4 is 10.6 Å². The summed E-state index contributed by atoms with van der Waals surface area (Å²) in [6.45, 7) is 2.67. The van der Waals surface area contributed by atoms with E-state index in [9.17, 15) is 9.59 Å². The maximum Gasteiger partial charge on any atom is 0.253 e. The van der Waals surface area contributed by atoms with E-state index in [2.05, 4.69) is 20.8 Å². The number of benzene rings is 2. The minimum absolute atomic E-state index is 0.150. The Morgan fingerprint density at radius 1 is 1.13 bits per heavy atom. The molecule has 9 heteroatoms. The van der Waals surface area contributed by atoms with Crippen molar-refractivity contribution in [2.45, 2.75) is 37.5 Å². The lowest BCUT2D eigenvalue weighted by Gasteiger charge is -2.11. The molecule has 4 rings (SSSR count). The quantitative estimate of drug-likeness (QED) is 0.496. The van der Waals surface area contributed by atoms with Crippen LogP contribution in [-0.2, 0) is 11.3 Å². The Labute approximate surface area is 189 Å². The molecule has 1 aliphatic rings. The molecule has 2 amide bonds. The number of nitrogens with zero attached hydrogens (tertiary/aromatic N) is 3. The summed E-state index contributed by atoms with van der Waals surface area (Å²) < 4.78 is 1.96. The number of halogens is 1. The molecule has 0 saturated heterocycles. The number of carbonyl (C=O) groups is 2. The molecule has 0 atom stereocenters. The molecule has 0 unspecified atom stereocenters. The van der Waals surface area contributed by atoms with Gasteiger partial charge in [-0.1, -0.05) is 35.5 Å². The van der Waals surface area contributed by atoms with E-state index in [0.717, 1.165) is 24.2 Å². The number of hydrogen-bond donors (Lipinski definition) is 2. The van der Waals surface area contributed by atoms with Crippen molar-refractivity contribution in [3.63, 3.8) is 0 Å². The Morgan fingerprint density at radius 3 is 2.58 bits per heavy atom. The van der Waals surface area contributed by atoms with Gasteiger partial charge >= 0.3 is 0 Å². The molecule has 1 aliphatic carbocycles. The Kier molecular flexibility index (Phi) is 6.58. The van der Waals surface area contributed by atoms with Crippen LogP contribution in [0, 0.1) is 0 Å². The highest BCUT2D eigenvalue weighted by atomic mass is 35.5. The van der Waals surface area contributed by atoms with E-state index in [0.29, 0.717) is 28.0 Å². The normalized spacial score (nSPS) is 13.1. The zero-order valence-electron chi connectivity index (χ0n) is 17.0. The van der Waals surface area contributed by atoms with Gasteiger partial charge in [-0.05, 0) is 56.2 Å². The first-order chi connectivity index (χ1) is 15.0. The second kappa shape index (κ2) is 9.53. The van der Waals surface area contributed by atoms with Gasteiger partial charge < -0.3 is 15.2 Å². The van der Waals surface area contributed by atoms with Crippen molar-refractivity contribution in [1.29, 1.82) is 0 Å². The van der Waals surface area contributed by atoms with Gasteiger partial charge in [0, 0.05) is 23.2 Å². The number of hydrogen-bond acceptors (Lipinski definition) is 5. The Hall–Kier alpha value is -2.84. The number of para-hydroxylation sites is 1. The van der Waals surface area contributed by atoms with Gasteiger partial charge in [-0.2, -0.15) is 0 Å². The number of nitrogens with one attached hydrogen (secondary N) is 2. The molecule has 160 valence electrons. The molecule has 0 bridgehead atoms. The van der Waals surface area contributed by atoms with E-state index < -0.39 is 0 Å². The highest BCUT2D eigenvalue weighted by molar-refractivity contribution is 7.99. The Morgan fingerprint density at radius 2 is 1.87 bits per heavy atom. The van der Waals surface area contributed by atoms with Crippen LogP contribution in [0.1, 0.15) is 30.1 Å². The third kappa shape index (κ3) is 5.26. The molecule has 3 aromatic rings. The summed E-state index contributed by atoms with van der Waals surface area (Å²) in [5, 5.41) is 15.6. The Balaban J connectivity index is 1.42. The molecule has 2 aromatic carbocycles. The summed E-state index contributed by atoms with van der Waals surface area (Å²) in [6, 6.07) is 14.7. The number of amides is 2. The van der Waals surface area contributed by atoms with Gasteiger partial charge in [0.2, 0.25) is 5.91 Å². The van der Waals surface area contributed by atoms with Crippen LogP contribution in [-0.4, -0.2) is 38.4 Å². The average Bonchev–Trinajstić information content (AvgIpc) is 3.49. The van der Waals surface area contributed by atoms with Crippen molar-refractivity contribution in [1.82, 2.24) is 20.1 Å². The smallest absolute Gasteiger partial charge is 0.253 e. The monoisotopic (exact) mass is 455 g/mol. The second-order valence-corrected chi connectivity index (χ2v) is 8.57. The van der Waals surface area contributed by atoms with Gasteiger partial charge in [0.1, 0.15) is 0 Å². The lowest BCUT2D eigenvalue weighted by Crippen LogP contribution is -2.27. The van der Waals surface area contributed by atoms with Crippen LogP contribution in [0.25, 0.3) is 11.4 Å². The largest absolute Gasteiger partial charge is 0.349 e. The standard InChI is InChI=1S/C22H22ClN5O2S/c1-2-28-20(14-7-9-15(23)10-8-14)26-27-22(28)31-13-19(29)25-18-6-4-3-5-17(18)21(30)24-16-11-12-16/h3-10,16H,2,11-13H2,1H3,(H,24,30)(H,25,29). The molecule has 0 aliphatic heterocycles. The first-order valence-electron chi connectivity index (χ1n) is 10.1. The third-order valence-corrected chi connectivity index (χ3v) is 6.04. The summed E-state index contributed by atoms with van der Waals surface area (Å²) >= 11 is 7.27. The molecule has 0 radical (unpaired) electrons. The predicted molar refractivity (Wildman–Crippen MR) is 122 cm³/mol. The molecule has 7 nitrogen and oxygen atoms in total. The van der Waals surface area contributed by atoms with E-state index in [1.54, 1.807) is 24.3 Å². The van der Waals surface area contributed by atoms with E-state index in [1.807, 2.05) is 35.8 Å². The zero-order chi connectivity index (χ0) is 21.8. The fourth-order valence-electron chi connectivity index (χ4n) is 3.09. The van der Waals surface area contributed by atoms with Gasteiger partial charge in [-0.25, -0.2) is 0 Å². The van der Waals surface area contributed by atoms with Gasteiger partial charge in [0.25, 0.3) is 5.91 Å². The second-order valence-electron chi connectivity index (χ2n) is 7.19. The first kappa shape index (κ1) is 21.4. The third-order valence-electron chi connectivity index (χ3n) is 4.83. The van der Waals surface area contributed by atoms with Crippen LogP contribution >= 0.6 is 23.4 Å². The van der Waals surface area contributed by atoms with E-state index >= 15 is 0 Å². The summed E-state index contributed by atoms with van der Waals surface area (Å²) in [5.41, 5.74) is 1.88. The van der Waals surface area contributed by atoms with Gasteiger partial charge in [-0.3, -0.25) is 9.59 Å². The van der Waals surface area contributed by atoms with Crippen molar-refractivity contribution >= 4 is 40.9 Å². The molecule has 1 saturated carbocycles. The highest BCUT2D eigenvalue weighted by Gasteiger charge is 2.25. The van der Waals surface area contributed by atoms with Crippen molar-refractivity contribution in [2.24, 2.45) is 0 Å². The van der Waals surface area contributed by atoms with E-state index in [-0.39, 0.29) is 23.6 Å². The fraction of sp³-hybridized carbons (Fsp3) is 0.273. The molecular weight excluding hydrogens is 434 g/mol. The van der Waals surface area contributed by atoms with Crippen LogP contribution in [0.2, 0.25) is 5.02 Å². The summed E-state index contributed by atoms with van der Waals surface area (Å²) in [5.74, 6) is 0.501. The number of aromatic nitrogens is 3. The van der Waals surface area contributed by atoms with Crippen LogP contribution in [0.15, 0.2) is 53.7 Å². The SMILES string of the molecule is CCn1c(SCC(=O)Nc2ccccc2C(=O)NC2CC2)nnc1-c1ccc(Cl)cc1. The summed E-state index contributed by atoms with van der Waals surface area (Å²) in [7, 11) is 0. The maximum absolute atomic E-state index is 12.6. The summed E-state index contributed by atoms with van der Waals surface area (Å²) in [4.78, 5) is 25.0. The fourth-order valence-corrected chi connectivity index (χ4v) is 4.02. The van der Waals surface area contributed by atoms with Crippen LogP contribution in [0.3, 0.4) is 0 Å². The Bertz CT molecular complexity index is 1100. The van der Waals surface area contributed by atoms with Crippen molar-refractivity contribution in [3.8, 4) is 11.4 Å². The lowest BCUT2D eigenvalue weighted by molar-refractivity contribution is -0.113. The van der Waals surface area contributed by atoms with Crippen molar-refractivity contribution in [2.75, 3.05) is 11.1 Å². The van der Waals surface area contributed by atoms with Crippen LogP contribution in [0.5, 0.6) is 0 Å². The minimum atomic E-state index is -0.213. The topological polar surface area (TPSA) is 88.9 Å². The molecule has 2 N–H and O–H groups in total. The van der Waals surface area contributed by atoms with E-state index in [1.165, 1.54) is 11.8 Å². The first-order valence-corrected chi connectivity index (χ1v) is 11.4.